The van der Waals surface area contributed by atoms with E-state index in [-0.39, 0.29) is 12.3 Å². The molecule has 0 heterocycles. The van der Waals surface area contributed by atoms with E-state index in [9.17, 15) is 19.2 Å². The molecule has 0 aliphatic heterocycles. The van der Waals surface area contributed by atoms with Gasteiger partial charge in [0, 0.05) is 11.8 Å². The van der Waals surface area contributed by atoms with E-state index in [0.29, 0.717) is 0 Å². The molecule has 1 aliphatic rings. The van der Waals surface area contributed by atoms with Gasteiger partial charge in [0.15, 0.2) is 6.79 Å². The molecule has 8 nitrogen and oxygen atoms in total. The van der Waals surface area contributed by atoms with Crippen molar-refractivity contribution in [1.82, 2.24) is 10.6 Å². The molecule has 0 saturated heterocycles. The highest BCUT2D eigenvalue weighted by Crippen LogP contribution is 2.36. The third kappa shape index (κ3) is 8.39. The van der Waals surface area contributed by atoms with Gasteiger partial charge in [0.05, 0.1) is 11.2 Å². The van der Waals surface area contributed by atoms with Crippen molar-refractivity contribution in [3.05, 3.63) is 35.9 Å². The molecule has 2 N–H and O–H groups in total. The Kier molecular flexibility index (Phi) is 9.53. The van der Waals surface area contributed by atoms with Gasteiger partial charge in [0.25, 0.3) is 0 Å². The van der Waals surface area contributed by atoms with Gasteiger partial charge in [0.2, 0.25) is 17.9 Å². The zero-order valence-corrected chi connectivity index (χ0v) is 20.6. The summed E-state index contributed by atoms with van der Waals surface area (Å²) in [6.07, 6.45) is 4.35. The Morgan fingerprint density at radius 1 is 1.03 bits per heavy atom. The predicted octanol–water partition coefficient (Wildman–Crippen LogP) is 2.79. The van der Waals surface area contributed by atoms with Crippen LogP contribution in [-0.4, -0.2) is 48.2 Å². The molecule has 1 saturated carbocycles. The molecule has 2 rings (SSSR count). The van der Waals surface area contributed by atoms with Crippen molar-refractivity contribution in [2.24, 2.45) is 5.41 Å². The van der Waals surface area contributed by atoms with E-state index in [1.807, 2.05) is 37.3 Å². The molecule has 1 aliphatic carbocycles. The summed E-state index contributed by atoms with van der Waals surface area (Å²) in [6, 6.07) is 7.04. The Labute approximate surface area is 201 Å². The van der Waals surface area contributed by atoms with Gasteiger partial charge < -0.3 is 15.4 Å². The minimum atomic E-state index is -1.29. The molecular formula is C26H37N2O6+. The number of esters is 1. The van der Waals surface area contributed by atoms with Crippen molar-refractivity contribution in [2.75, 3.05) is 0 Å². The van der Waals surface area contributed by atoms with E-state index in [1.54, 1.807) is 20.8 Å². The van der Waals surface area contributed by atoms with Crippen molar-refractivity contribution >= 4 is 30.5 Å². The van der Waals surface area contributed by atoms with E-state index >= 15 is 0 Å². The largest absolute Gasteiger partial charge is 0.602 e. The fourth-order valence-electron chi connectivity index (χ4n) is 4.07. The number of benzene rings is 1. The van der Waals surface area contributed by atoms with Gasteiger partial charge in [-0.15, -0.1) is 0 Å². The van der Waals surface area contributed by atoms with Gasteiger partial charge in [-0.2, -0.15) is 0 Å². The second-order valence-electron chi connectivity index (χ2n) is 10.2. The highest BCUT2D eigenvalue weighted by atomic mass is 16.6. The summed E-state index contributed by atoms with van der Waals surface area (Å²) in [5, 5.41) is 5.45. The highest BCUT2D eigenvalue weighted by Gasteiger charge is 2.39. The maximum atomic E-state index is 13.3. The summed E-state index contributed by atoms with van der Waals surface area (Å²) < 4.78 is 9.81. The average molecular weight is 474 g/mol. The Morgan fingerprint density at radius 3 is 2.21 bits per heavy atom. The van der Waals surface area contributed by atoms with Gasteiger partial charge >= 0.3 is 11.9 Å². The number of rotatable bonds is 9. The molecule has 0 bridgehead atoms. The predicted molar refractivity (Wildman–Crippen MR) is 128 cm³/mol. The van der Waals surface area contributed by atoms with Crippen molar-refractivity contribution < 1.29 is 28.3 Å². The SMILES string of the molecule is C=[O+]C(=O)[C@H](CC(=O)OC(C)(C)C)NC(=O)[C@H](Cc1ccccc1)NC(=O)C1(C)CCCCC1. The molecule has 2 amide bonds. The van der Waals surface area contributed by atoms with Crippen LogP contribution in [0.2, 0.25) is 0 Å². The standard InChI is InChI=1S/C26H36N2O6/c1-25(2,3)34-21(29)17-20(23(31)33-5)27-22(30)19(16-18-12-8-6-9-13-18)28-24(32)26(4)14-10-7-11-15-26/h6,8-9,12-13,19-20H,5,7,10-11,14-17H2,1-4H3,(H-,27,28,30,32)/p+1/t19-,20-/m0/s1. The van der Waals surface area contributed by atoms with Crippen LogP contribution in [-0.2, 0) is 34.8 Å². The van der Waals surface area contributed by atoms with E-state index < -0.39 is 47.4 Å². The monoisotopic (exact) mass is 473 g/mol. The number of carbonyl (C=O) groups excluding carboxylic acids is 5. The number of ether oxygens (including phenoxy) is 1. The smallest absolute Gasteiger partial charge is 0.460 e. The van der Waals surface area contributed by atoms with Crippen LogP contribution in [0.25, 0.3) is 0 Å². The fourth-order valence-corrected chi connectivity index (χ4v) is 4.07. The number of carbonyl (C=O) groups is 4. The molecule has 0 radical (unpaired) electrons. The molecule has 34 heavy (non-hydrogen) atoms. The van der Waals surface area contributed by atoms with Crippen molar-refractivity contribution in [2.45, 2.75) is 90.3 Å². The Balaban J connectivity index is 2.20. The minimum Gasteiger partial charge on any atom is -0.460 e. The lowest BCUT2D eigenvalue weighted by atomic mass is 9.75. The number of nitrogens with one attached hydrogen (secondary N) is 2. The normalized spacial score (nSPS) is 17.1. The molecule has 186 valence electrons. The molecule has 1 fully saturated rings. The lowest BCUT2D eigenvalue weighted by Gasteiger charge is -2.33. The van der Waals surface area contributed by atoms with Crippen LogP contribution in [0.1, 0.15) is 71.8 Å². The Hall–Kier alpha value is -3.03. The molecule has 0 aromatic heterocycles. The topological polar surface area (TPSA) is 113 Å². The first-order valence-electron chi connectivity index (χ1n) is 11.8. The lowest BCUT2D eigenvalue weighted by molar-refractivity contribution is -0.371. The van der Waals surface area contributed by atoms with Crippen LogP contribution in [0.3, 0.4) is 0 Å². The zero-order valence-electron chi connectivity index (χ0n) is 20.6. The third-order valence-electron chi connectivity index (χ3n) is 5.94. The number of hydrogen-bond donors (Lipinski definition) is 2. The summed E-state index contributed by atoms with van der Waals surface area (Å²) in [5.41, 5.74) is -0.449. The van der Waals surface area contributed by atoms with Crippen LogP contribution < -0.4 is 10.6 Å². The van der Waals surface area contributed by atoms with E-state index in [1.165, 1.54) is 0 Å². The lowest BCUT2D eigenvalue weighted by Crippen LogP contribution is -2.55. The average Bonchev–Trinajstić information content (AvgIpc) is 2.77. The second kappa shape index (κ2) is 11.9. The van der Waals surface area contributed by atoms with Crippen molar-refractivity contribution in [3.63, 3.8) is 0 Å². The summed E-state index contributed by atoms with van der Waals surface area (Å²) >= 11 is 0. The van der Waals surface area contributed by atoms with Gasteiger partial charge in [-0.3, -0.25) is 18.8 Å². The van der Waals surface area contributed by atoms with Crippen LogP contribution in [0.5, 0.6) is 0 Å². The van der Waals surface area contributed by atoms with Gasteiger partial charge in [0.1, 0.15) is 11.6 Å². The quantitative estimate of drug-likeness (QED) is 0.423. The second-order valence-corrected chi connectivity index (χ2v) is 10.2. The van der Waals surface area contributed by atoms with Crippen molar-refractivity contribution in [1.29, 1.82) is 0 Å². The van der Waals surface area contributed by atoms with E-state index in [2.05, 4.69) is 21.8 Å². The van der Waals surface area contributed by atoms with Crippen LogP contribution in [0, 0.1) is 5.41 Å². The van der Waals surface area contributed by atoms with Crippen LogP contribution >= 0.6 is 0 Å². The van der Waals surface area contributed by atoms with E-state index in [4.69, 9.17) is 4.74 Å². The third-order valence-corrected chi connectivity index (χ3v) is 5.94. The van der Waals surface area contributed by atoms with Crippen LogP contribution in [0.4, 0.5) is 0 Å². The molecule has 0 spiro atoms. The zero-order chi connectivity index (χ0) is 25.4. The molecule has 1 aromatic rings. The maximum Gasteiger partial charge on any atom is 0.602 e. The number of amides is 2. The van der Waals surface area contributed by atoms with Crippen molar-refractivity contribution in [3.8, 4) is 0 Å². The summed E-state index contributed by atoms with van der Waals surface area (Å²) in [6.45, 7) is 10.1. The Morgan fingerprint density at radius 2 is 1.65 bits per heavy atom. The highest BCUT2D eigenvalue weighted by molar-refractivity contribution is 5.93. The molecule has 8 heteroatoms. The molecule has 2 atom stereocenters. The molecular weight excluding hydrogens is 436 g/mol. The summed E-state index contributed by atoms with van der Waals surface area (Å²) in [5.74, 6) is -2.31. The van der Waals surface area contributed by atoms with Gasteiger partial charge in [-0.1, -0.05) is 56.5 Å². The Bertz CT molecular complexity index is 884. The first-order valence-corrected chi connectivity index (χ1v) is 11.8. The maximum absolute atomic E-state index is 13.3. The first kappa shape index (κ1) is 27.2. The minimum absolute atomic E-state index is 0.188. The fraction of sp³-hybridized carbons (Fsp3) is 0.577. The molecule has 1 aromatic carbocycles. The summed E-state index contributed by atoms with van der Waals surface area (Å²) in [4.78, 5) is 51.0. The number of hydrogen-bond acceptors (Lipinski definition) is 5. The van der Waals surface area contributed by atoms with Gasteiger partial charge in [-0.25, -0.2) is 0 Å². The van der Waals surface area contributed by atoms with E-state index in [0.717, 1.165) is 37.7 Å². The molecule has 0 unspecified atom stereocenters. The summed E-state index contributed by atoms with van der Waals surface area (Å²) in [7, 11) is 0. The first-order chi connectivity index (χ1) is 15.9. The van der Waals surface area contributed by atoms with Crippen LogP contribution in [0.15, 0.2) is 30.3 Å². The van der Waals surface area contributed by atoms with Gasteiger partial charge in [-0.05, 0) is 39.2 Å².